The van der Waals surface area contributed by atoms with Crippen molar-refractivity contribution in [1.29, 1.82) is 5.41 Å². The van der Waals surface area contributed by atoms with Crippen LogP contribution in [0.15, 0.2) is 96.4 Å². The SMILES string of the molecule is N=C(N)NCCC[C@H]1NC(=O)[C@H](Cc2ccc(-c3ccccc3)cc2)NC(=O)[C@@H](Cc2cccs2)NC(=O)CCC(=O)Nc2ccc(cc2)C(C(=O)O)NC1=O. The molecule has 0 saturated heterocycles. The lowest BCUT2D eigenvalue weighted by Gasteiger charge is -2.26. The maximum Gasteiger partial charge on any atom is 0.330 e. The average molecular weight is 781 g/mol. The smallest absolute Gasteiger partial charge is 0.330 e. The van der Waals surface area contributed by atoms with Crippen molar-refractivity contribution in [3.63, 3.8) is 0 Å². The van der Waals surface area contributed by atoms with Crippen LogP contribution < -0.4 is 37.6 Å². The highest BCUT2D eigenvalue weighted by Gasteiger charge is 2.32. The molecule has 2 aliphatic heterocycles. The highest BCUT2D eigenvalue weighted by Crippen LogP contribution is 2.21. The van der Waals surface area contributed by atoms with E-state index in [1.165, 1.54) is 35.6 Å². The van der Waals surface area contributed by atoms with Crippen LogP contribution >= 0.6 is 11.3 Å². The number of rotatable bonds is 10. The van der Waals surface area contributed by atoms with Crippen molar-refractivity contribution >= 4 is 58.5 Å². The third kappa shape index (κ3) is 12.0. The van der Waals surface area contributed by atoms with Gasteiger partial charge in [-0.15, -0.1) is 11.3 Å². The lowest BCUT2D eigenvalue weighted by molar-refractivity contribution is -0.142. The third-order valence-electron chi connectivity index (χ3n) is 9.03. The van der Waals surface area contributed by atoms with E-state index in [4.69, 9.17) is 11.1 Å². The van der Waals surface area contributed by atoms with Gasteiger partial charge in [0.2, 0.25) is 29.5 Å². The molecule has 5 amide bonds. The molecular formula is C40H44N8O7S. The normalized spacial score (nSPS) is 19.8. The van der Waals surface area contributed by atoms with Crippen LogP contribution in [0.5, 0.6) is 0 Å². The summed E-state index contributed by atoms with van der Waals surface area (Å²) in [5.41, 5.74) is 8.56. The number of carboxylic acid groups (broad SMARTS) is 1. The molecule has 292 valence electrons. The average Bonchev–Trinajstić information content (AvgIpc) is 3.70. The van der Waals surface area contributed by atoms with Crippen molar-refractivity contribution in [3.05, 3.63) is 112 Å². The van der Waals surface area contributed by atoms with Gasteiger partial charge in [0.1, 0.15) is 18.1 Å². The second-order valence-corrected chi connectivity index (χ2v) is 14.3. The van der Waals surface area contributed by atoms with Gasteiger partial charge in [-0.2, -0.15) is 0 Å². The van der Waals surface area contributed by atoms with Gasteiger partial charge >= 0.3 is 5.97 Å². The summed E-state index contributed by atoms with van der Waals surface area (Å²) in [7, 11) is 0. The molecule has 6 rings (SSSR count). The Labute approximate surface area is 327 Å². The number of anilines is 1. The van der Waals surface area contributed by atoms with Gasteiger partial charge < -0.3 is 42.7 Å². The van der Waals surface area contributed by atoms with Crippen molar-refractivity contribution < 1.29 is 33.9 Å². The number of aliphatic carboxylic acids is 1. The lowest BCUT2D eigenvalue weighted by Crippen LogP contribution is -2.58. The molecule has 0 fully saturated rings. The minimum Gasteiger partial charge on any atom is -0.479 e. The first-order valence-electron chi connectivity index (χ1n) is 18.0. The molecule has 16 heteroatoms. The number of fused-ring (bicyclic) bond motifs is 17. The van der Waals surface area contributed by atoms with Crippen molar-refractivity contribution in [2.45, 2.75) is 62.7 Å². The molecule has 10 N–H and O–H groups in total. The lowest BCUT2D eigenvalue weighted by atomic mass is 9.99. The van der Waals surface area contributed by atoms with Crippen LogP contribution in [-0.2, 0) is 41.6 Å². The van der Waals surface area contributed by atoms with E-state index in [0.29, 0.717) is 11.3 Å². The Morgan fingerprint density at radius 3 is 2.00 bits per heavy atom. The zero-order valence-electron chi connectivity index (χ0n) is 30.4. The van der Waals surface area contributed by atoms with Gasteiger partial charge in [0.05, 0.1) is 0 Å². The fourth-order valence-electron chi connectivity index (χ4n) is 6.10. The number of carbonyl (C=O) groups is 6. The molecule has 4 atom stereocenters. The topological polar surface area (TPSA) is 245 Å². The Bertz CT molecular complexity index is 2010. The van der Waals surface area contributed by atoms with Crippen LogP contribution in [0.25, 0.3) is 11.1 Å². The predicted molar refractivity (Wildman–Crippen MR) is 211 cm³/mol. The van der Waals surface area contributed by atoms with Crippen LogP contribution in [0.2, 0.25) is 0 Å². The molecule has 0 saturated carbocycles. The van der Waals surface area contributed by atoms with E-state index < -0.39 is 59.7 Å². The van der Waals surface area contributed by atoms with E-state index in [2.05, 4.69) is 31.9 Å². The van der Waals surface area contributed by atoms with E-state index in [0.717, 1.165) is 16.0 Å². The third-order valence-corrected chi connectivity index (χ3v) is 9.93. The Hall–Kier alpha value is -6.55. The van der Waals surface area contributed by atoms with Gasteiger partial charge in [-0.05, 0) is 58.7 Å². The van der Waals surface area contributed by atoms with Crippen molar-refractivity contribution in [2.75, 3.05) is 11.9 Å². The molecule has 2 bridgehead atoms. The highest BCUT2D eigenvalue weighted by atomic mass is 32.1. The number of thiophene rings is 1. The second-order valence-electron chi connectivity index (χ2n) is 13.2. The fourth-order valence-corrected chi connectivity index (χ4v) is 6.85. The molecule has 1 unspecified atom stereocenters. The summed E-state index contributed by atoms with van der Waals surface area (Å²) in [6, 6.07) is 21.4. The molecule has 4 aromatic rings. The first-order chi connectivity index (χ1) is 26.9. The largest absolute Gasteiger partial charge is 0.479 e. The first-order valence-corrected chi connectivity index (χ1v) is 18.9. The summed E-state index contributed by atoms with van der Waals surface area (Å²) in [6.07, 6.45) is -0.0731. The zero-order valence-corrected chi connectivity index (χ0v) is 31.2. The Morgan fingerprint density at radius 1 is 0.732 bits per heavy atom. The maximum atomic E-state index is 14.2. The predicted octanol–water partition coefficient (Wildman–Crippen LogP) is 2.59. The number of nitrogens with one attached hydrogen (secondary N) is 7. The quantitative estimate of drug-likeness (QED) is 0.0496. The molecule has 0 aliphatic carbocycles. The first kappa shape index (κ1) is 40.6. The number of carboxylic acids is 1. The van der Waals surface area contributed by atoms with Crippen molar-refractivity contribution in [2.24, 2.45) is 5.73 Å². The Balaban J connectivity index is 1.49. The molecule has 0 spiro atoms. The summed E-state index contributed by atoms with van der Waals surface area (Å²) < 4.78 is 0. The summed E-state index contributed by atoms with van der Waals surface area (Å²) >= 11 is 1.39. The molecule has 2 aliphatic rings. The molecule has 1 aromatic heterocycles. The fraction of sp³-hybridized carbons (Fsp3) is 0.275. The summed E-state index contributed by atoms with van der Waals surface area (Å²) in [6.45, 7) is 0.183. The number of benzene rings is 3. The van der Waals surface area contributed by atoms with Crippen LogP contribution in [0.3, 0.4) is 0 Å². The molecule has 3 aromatic carbocycles. The van der Waals surface area contributed by atoms with Gasteiger partial charge in [0.25, 0.3) is 0 Å². The molecule has 3 heterocycles. The zero-order chi connectivity index (χ0) is 40.0. The van der Waals surface area contributed by atoms with E-state index >= 15 is 0 Å². The van der Waals surface area contributed by atoms with Gasteiger partial charge in [0, 0.05) is 42.8 Å². The molecular weight excluding hydrogens is 737 g/mol. The molecule has 0 radical (unpaired) electrons. The molecule has 15 nitrogen and oxygen atoms in total. The summed E-state index contributed by atoms with van der Waals surface area (Å²) in [5, 5.41) is 35.5. The van der Waals surface area contributed by atoms with Gasteiger partial charge in [0.15, 0.2) is 12.0 Å². The number of nitrogens with two attached hydrogens (primary N) is 1. The van der Waals surface area contributed by atoms with Gasteiger partial charge in [-0.1, -0.05) is 72.8 Å². The summed E-state index contributed by atoms with van der Waals surface area (Å²) in [4.78, 5) is 81.3. The number of amides is 5. The Morgan fingerprint density at radius 2 is 1.36 bits per heavy atom. The Kier molecular flexibility index (Phi) is 14.3. The molecule has 56 heavy (non-hydrogen) atoms. The van der Waals surface area contributed by atoms with E-state index in [1.54, 1.807) is 0 Å². The van der Waals surface area contributed by atoms with Crippen LogP contribution in [-0.4, -0.2) is 71.2 Å². The highest BCUT2D eigenvalue weighted by molar-refractivity contribution is 7.09. The van der Waals surface area contributed by atoms with Crippen molar-refractivity contribution in [3.8, 4) is 11.1 Å². The standard InChI is InChI=1S/C40H44N8O7S/c41-40(42)43-20-4-9-30-36(51)48-35(39(54)55)27-14-16-28(17-15-27)44-33(49)18-19-34(50)45-32(23-29-8-5-21-56-29)38(53)47-31(37(52)46-30)22-24-10-12-26(13-11-24)25-6-2-1-3-7-25/h1-3,5-8,10-17,21,30-32,35H,4,9,18-20,22-23H2,(H,44,49)(H,45,50)(H,46,52)(H,47,53)(H,48,51)(H,54,55)(H4,41,42,43)/t30-,31+,32-,35?/m1/s1. The number of hydrogen-bond acceptors (Lipinski definition) is 8. The monoisotopic (exact) mass is 780 g/mol. The second kappa shape index (κ2) is 19.7. The van der Waals surface area contributed by atoms with Gasteiger partial charge in [-0.3, -0.25) is 29.4 Å². The number of guanidine groups is 1. The van der Waals surface area contributed by atoms with E-state index in [-0.39, 0.29) is 56.6 Å². The van der Waals surface area contributed by atoms with Crippen LogP contribution in [0.1, 0.15) is 47.7 Å². The van der Waals surface area contributed by atoms with E-state index in [9.17, 15) is 33.9 Å². The number of carbonyl (C=O) groups excluding carboxylic acids is 5. The van der Waals surface area contributed by atoms with Gasteiger partial charge in [-0.25, -0.2) is 4.79 Å². The van der Waals surface area contributed by atoms with Crippen molar-refractivity contribution in [1.82, 2.24) is 26.6 Å². The minimum atomic E-state index is -1.52. The van der Waals surface area contributed by atoms with Crippen LogP contribution in [0, 0.1) is 5.41 Å². The maximum absolute atomic E-state index is 14.2. The van der Waals surface area contributed by atoms with Crippen LogP contribution in [0.4, 0.5) is 5.69 Å². The minimum absolute atomic E-state index is 0.00316. The number of hydrogen-bond donors (Lipinski definition) is 9. The van der Waals surface area contributed by atoms with E-state index in [1.807, 2.05) is 72.1 Å². The summed E-state index contributed by atoms with van der Waals surface area (Å²) in [5.74, 6) is -4.89.